The van der Waals surface area contributed by atoms with E-state index in [9.17, 15) is 4.21 Å². The highest BCUT2D eigenvalue weighted by molar-refractivity contribution is 7.75. The van der Waals surface area contributed by atoms with Crippen molar-refractivity contribution in [1.82, 2.24) is 0 Å². The van der Waals surface area contributed by atoms with Crippen LogP contribution in [0.15, 0.2) is 24.3 Å². The van der Waals surface area contributed by atoms with Gasteiger partial charge in [-0.3, -0.25) is 8.37 Å². The van der Waals surface area contributed by atoms with Crippen molar-refractivity contribution < 1.29 is 12.6 Å². The van der Waals surface area contributed by atoms with E-state index >= 15 is 0 Å². The summed E-state index contributed by atoms with van der Waals surface area (Å²) in [4.78, 5) is 2.18. The first kappa shape index (κ1) is 12.5. The third-order valence-electron chi connectivity index (χ3n) is 2.66. The van der Waals surface area contributed by atoms with Crippen LogP contribution >= 0.6 is 0 Å². The molecule has 1 aliphatic rings. The van der Waals surface area contributed by atoms with Crippen LogP contribution in [0.3, 0.4) is 0 Å². The molecule has 1 heterocycles. The van der Waals surface area contributed by atoms with Crippen LogP contribution in [0.2, 0.25) is 0 Å². The van der Waals surface area contributed by atoms with Crippen LogP contribution in [0.5, 0.6) is 0 Å². The normalized spacial score (nSPS) is 26.4. The Bertz CT molecular complexity index is 393. The van der Waals surface area contributed by atoms with E-state index in [2.05, 4.69) is 36.1 Å². The third kappa shape index (κ3) is 3.52. The van der Waals surface area contributed by atoms with Crippen molar-refractivity contribution in [3.63, 3.8) is 0 Å². The molecule has 1 aliphatic heterocycles. The summed E-state index contributed by atoms with van der Waals surface area (Å²) < 4.78 is 21.4. The molecule has 0 radical (unpaired) electrons. The maximum Gasteiger partial charge on any atom is 0.304 e. The van der Waals surface area contributed by atoms with Gasteiger partial charge >= 0.3 is 11.4 Å². The first-order chi connectivity index (χ1) is 8.15. The van der Waals surface area contributed by atoms with Gasteiger partial charge < -0.3 is 4.90 Å². The number of hydrogen-bond donors (Lipinski definition) is 0. The van der Waals surface area contributed by atoms with E-state index in [1.165, 1.54) is 5.56 Å². The first-order valence-electron chi connectivity index (χ1n) is 5.69. The maximum absolute atomic E-state index is 11.2. The lowest BCUT2D eigenvalue weighted by molar-refractivity contribution is 0.184. The maximum atomic E-state index is 11.2. The van der Waals surface area contributed by atoms with E-state index in [0.717, 1.165) is 18.8 Å². The van der Waals surface area contributed by atoms with E-state index < -0.39 is 11.4 Å². The van der Waals surface area contributed by atoms with Gasteiger partial charge in [-0.15, -0.1) is 0 Å². The minimum atomic E-state index is -1.60. The molecule has 0 N–H and O–H groups in total. The lowest BCUT2D eigenvalue weighted by Gasteiger charge is -2.29. The monoisotopic (exact) mass is 255 g/mol. The summed E-state index contributed by atoms with van der Waals surface area (Å²) in [5, 5.41) is 0. The van der Waals surface area contributed by atoms with Crippen LogP contribution in [-0.2, 0) is 19.7 Å². The van der Waals surface area contributed by atoms with E-state index in [-0.39, 0.29) is 6.10 Å². The van der Waals surface area contributed by atoms with Gasteiger partial charge in [-0.25, -0.2) is 0 Å². The SMILES string of the molecule is Cc1ccc(N2CCOS(=O)OC(C)C2)cc1. The molecular formula is C12H17NO3S. The number of nitrogens with zero attached hydrogens (tertiary/aromatic N) is 1. The second-order valence-corrected chi connectivity index (χ2v) is 5.05. The minimum absolute atomic E-state index is 0.113. The molecule has 0 amide bonds. The summed E-state index contributed by atoms with van der Waals surface area (Å²) in [6.07, 6.45) is -0.113. The van der Waals surface area contributed by atoms with Crippen LogP contribution in [0.4, 0.5) is 5.69 Å². The molecule has 2 atom stereocenters. The molecule has 4 nitrogen and oxygen atoms in total. The number of hydrogen-bond acceptors (Lipinski definition) is 4. The van der Waals surface area contributed by atoms with Crippen molar-refractivity contribution in [3.8, 4) is 0 Å². The molecule has 1 saturated heterocycles. The molecule has 17 heavy (non-hydrogen) atoms. The fraction of sp³-hybridized carbons (Fsp3) is 0.500. The minimum Gasteiger partial charge on any atom is -0.367 e. The standard InChI is InChI=1S/C12H17NO3S/c1-10-3-5-12(6-4-10)13-7-8-15-17(14)16-11(2)9-13/h3-6,11H,7-9H2,1-2H3. The molecule has 94 valence electrons. The van der Waals surface area contributed by atoms with Crippen LogP contribution in [0.1, 0.15) is 12.5 Å². The average Bonchev–Trinajstić information content (AvgIpc) is 2.26. The van der Waals surface area contributed by atoms with Crippen molar-refractivity contribution >= 4 is 17.0 Å². The van der Waals surface area contributed by atoms with Crippen LogP contribution in [0.25, 0.3) is 0 Å². The van der Waals surface area contributed by atoms with Gasteiger partial charge in [0, 0.05) is 18.8 Å². The largest absolute Gasteiger partial charge is 0.367 e. The number of anilines is 1. The van der Waals surface area contributed by atoms with Crippen molar-refractivity contribution in [3.05, 3.63) is 29.8 Å². The van der Waals surface area contributed by atoms with Gasteiger partial charge in [0.05, 0.1) is 12.7 Å². The lowest BCUT2D eigenvalue weighted by atomic mass is 10.2. The number of benzene rings is 1. The second kappa shape index (κ2) is 5.62. The molecule has 1 aromatic carbocycles. The highest BCUT2D eigenvalue weighted by Gasteiger charge is 2.18. The highest BCUT2D eigenvalue weighted by atomic mass is 32.2. The molecule has 5 heteroatoms. The Morgan fingerprint density at radius 1 is 1.35 bits per heavy atom. The van der Waals surface area contributed by atoms with Crippen LogP contribution < -0.4 is 4.90 Å². The van der Waals surface area contributed by atoms with Crippen molar-refractivity contribution in [2.45, 2.75) is 20.0 Å². The number of aryl methyl sites for hydroxylation is 1. The molecule has 1 fully saturated rings. The Hall–Kier alpha value is -0.910. The molecular weight excluding hydrogens is 238 g/mol. The zero-order valence-electron chi connectivity index (χ0n) is 10.1. The van der Waals surface area contributed by atoms with Gasteiger partial charge in [0.25, 0.3) is 0 Å². The third-order valence-corrected chi connectivity index (χ3v) is 3.50. The summed E-state index contributed by atoms with van der Waals surface area (Å²) in [5.41, 5.74) is 2.38. The zero-order valence-corrected chi connectivity index (χ0v) is 10.9. The highest BCUT2D eigenvalue weighted by Crippen LogP contribution is 2.17. The smallest absolute Gasteiger partial charge is 0.304 e. The van der Waals surface area contributed by atoms with E-state index in [0.29, 0.717) is 6.61 Å². The lowest BCUT2D eigenvalue weighted by Crippen LogP contribution is -2.38. The predicted octanol–water partition coefficient (Wildman–Crippen LogP) is 1.82. The fourth-order valence-electron chi connectivity index (χ4n) is 1.80. The van der Waals surface area contributed by atoms with E-state index in [1.54, 1.807) is 0 Å². The second-order valence-electron chi connectivity index (χ2n) is 4.21. The summed E-state index contributed by atoms with van der Waals surface area (Å²) >= 11 is -1.60. The summed E-state index contributed by atoms with van der Waals surface area (Å²) in [5.74, 6) is 0. The van der Waals surface area contributed by atoms with Crippen molar-refractivity contribution in [2.24, 2.45) is 0 Å². The Kier molecular flexibility index (Phi) is 4.15. The van der Waals surface area contributed by atoms with Crippen LogP contribution in [0, 0.1) is 6.92 Å². The predicted molar refractivity (Wildman–Crippen MR) is 68.0 cm³/mol. The van der Waals surface area contributed by atoms with Crippen molar-refractivity contribution in [1.29, 1.82) is 0 Å². The summed E-state index contributed by atoms with van der Waals surface area (Å²) in [7, 11) is 0. The quantitative estimate of drug-likeness (QED) is 0.767. The van der Waals surface area contributed by atoms with Gasteiger partial charge in [-0.1, -0.05) is 17.7 Å². The summed E-state index contributed by atoms with van der Waals surface area (Å²) in [6, 6.07) is 8.33. The Labute approximate surface area is 104 Å². The molecule has 0 spiro atoms. The Morgan fingerprint density at radius 2 is 2.06 bits per heavy atom. The van der Waals surface area contributed by atoms with Gasteiger partial charge in [0.15, 0.2) is 0 Å². The zero-order chi connectivity index (χ0) is 12.3. The molecule has 2 rings (SSSR count). The molecule has 2 unspecified atom stereocenters. The molecule has 0 bridgehead atoms. The van der Waals surface area contributed by atoms with E-state index in [1.807, 2.05) is 6.92 Å². The van der Waals surface area contributed by atoms with Crippen LogP contribution in [-0.4, -0.2) is 30.0 Å². The topological polar surface area (TPSA) is 38.8 Å². The van der Waals surface area contributed by atoms with E-state index in [4.69, 9.17) is 8.37 Å². The van der Waals surface area contributed by atoms with Gasteiger partial charge in [0.1, 0.15) is 0 Å². The fourth-order valence-corrected chi connectivity index (χ4v) is 2.39. The molecule has 1 aromatic rings. The average molecular weight is 255 g/mol. The van der Waals surface area contributed by atoms with Gasteiger partial charge in [-0.2, -0.15) is 4.21 Å². The number of rotatable bonds is 1. The molecule has 0 aromatic heterocycles. The van der Waals surface area contributed by atoms with Crippen molar-refractivity contribution in [2.75, 3.05) is 24.6 Å². The Morgan fingerprint density at radius 3 is 2.76 bits per heavy atom. The Balaban J connectivity index is 2.09. The molecule has 0 aliphatic carbocycles. The van der Waals surface area contributed by atoms with Gasteiger partial charge in [0.2, 0.25) is 0 Å². The molecule has 0 saturated carbocycles. The summed E-state index contributed by atoms with van der Waals surface area (Å²) in [6.45, 7) is 5.82. The van der Waals surface area contributed by atoms with Gasteiger partial charge in [-0.05, 0) is 26.0 Å². The first-order valence-corrected chi connectivity index (χ1v) is 6.69.